The van der Waals surface area contributed by atoms with Gasteiger partial charge in [-0.25, -0.2) is 4.39 Å². The lowest BCUT2D eigenvalue weighted by molar-refractivity contribution is -0.150. The number of carboxylic acids is 1. The van der Waals surface area contributed by atoms with Gasteiger partial charge in [0.25, 0.3) is 0 Å². The summed E-state index contributed by atoms with van der Waals surface area (Å²) in [6.07, 6.45) is 1.66. The van der Waals surface area contributed by atoms with Gasteiger partial charge >= 0.3 is 5.97 Å². The van der Waals surface area contributed by atoms with E-state index in [1.165, 1.54) is 6.07 Å². The van der Waals surface area contributed by atoms with Crippen molar-refractivity contribution in [3.8, 4) is 6.07 Å². The molecule has 2 rings (SSSR count). The second kappa shape index (κ2) is 5.72. The fourth-order valence-electron chi connectivity index (χ4n) is 2.85. The maximum absolute atomic E-state index is 13.7. The van der Waals surface area contributed by atoms with Gasteiger partial charge in [-0.15, -0.1) is 0 Å². The van der Waals surface area contributed by atoms with Gasteiger partial charge in [0.15, 0.2) is 0 Å². The third-order valence-electron chi connectivity index (χ3n) is 4.44. The van der Waals surface area contributed by atoms with Gasteiger partial charge in [-0.05, 0) is 44.7 Å². The zero-order valence-corrected chi connectivity index (χ0v) is 12.3. The summed E-state index contributed by atoms with van der Waals surface area (Å²) in [5, 5.41) is 18.5. The van der Waals surface area contributed by atoms with Gasteiger partial charge in [0.05, 0.1) is 11.1 Å². The van der Waals surface area contributed by atoms with Crippen LogP contribution in [0.3, 0.4) is 0 Å². The third kappa shape index (κ3) is 2.85. The molecule has 1 saturated heterocycles. The highest BCUT2D eigenvalue weighted by atomic mass is 19.1. The number of rotatable bonds is 3. The number of carboxylic acid groups (broad SMARTS) is 1. The summed E-state index contributed by atoms with van der Waals surface area (Å²) < 4.78 is 13.7. The quantitative estimate of drug-likeness (QED) is 0.929. The molecule has 1 N–H and O–H groups in total. The molecule has 4 nitrogen and oxygen atoms in total. The van der Waals surface area contributed by atoms with Crippen molar-refractivity contribution in [3.05, 3.63) is 29.6 Å². The van der Waals surface area contributed by atoms with Crippen molar-refractivity contribution in [3.63, 3.8) is 0 Å². The summed E-state index contributed by atoms with van der Waals surface area (Å²) in [5.74, 6) is -1.39. The normalized spacial score (nSPS) is 19.1. The highest BCUT2D eigenvalue weighted by molar-refractivity contribution is 5.74. The fraction of sp³-hybridized carbons (Fsp3) is 0.500. The van der Waals surface area contributed by atoms with Crippen LogP contribution in [-0.2, 0) is 4.79 Å². The van der Waals surface area contributed by atoms with E-state index in [-0.39, 0.29) is 11.5 Å². The van der Waals surface area contributed by atoms with E-state index in [1.807, 2.05) is 11.0 Å². The number of hydrogen-bond donors (Lipinski definition) is 1. The van der Waals surface area contributed by atoms with E-state index in [2.05, 4.69) is 0 Å². The number of halogens is 1. The highest BCUT2D eigenvalue weighted by Gasteiger charge is 2.39. The lowest BCUT2D eigenvalue weighted by Crippen LogP contribution is -2.45. The van der Waals surface area contributed by atoms with Gasteiger partial charge in [-0.3, -0.25) is 4.79 Å². The van der Waals surface area contributed by atoms with Crippen LogP contribution in [0.5, 0.6) is 0 Å². The van der Waals surface area contributed by atoms with Crippen LogP contribution in [0, 0.1) is 28.5 Å². The number of anilines is 1. The van der Waals surface area contributed by atoms with Gasteiger partial charge in [0, 0.05) is 13.1 Å². The molecular formula is C16H19FN2O2. The third-order valence-corrected chi connectivity index (χ3v) is 4.44. The van der Waals surface area contributed by atoms with E-state index in [9.17, 15) is 14.3 Å². The largest absolute Gasteiger partial charge is 0.481 e. The first kappa shape index (κ1) is 15.3. The van der Waals surface area contributed by atoms with Gasteiger partial charge in [0.1, 0.15) is 17.4 Å². The average Bonchev–Trinajstić information content (AvgIpc) is 2.47. The molecule has 21 heavy (non-hydrogen) atoms. The molecule has 1 aliphatic heterocycles. The zero-order valence-electron chi connectivity index (χ0n) is 12.3. The topological polar surface area (TPSA) is 64.3 Å². The van der Waals surface area contributed by atoms with Crippen molar-refractivity contribution >= 4 is 11.7 Å². The molecule has 0 radical (unpaired) electrons. The molecule has 0 spiro atoms. The van der Waals surface area contributed by atoms with Crippen molar-refractivity contribution in [1.29, 1.82) is 5.26 Å². The van der Waals surface area contributed by atoms with Crippen LogP contribution < -0.4 is 4.90 Å². The summed E-state index contributed by atoms with van der Waals surface area (Å²) >= 11 is 0. The Labute approximate surface area is 123 Å². The molecule has 0 saturated carbocycles. The van der Waals surface area contributed by atoms with Crippen molar-refractivity contribution in [2.75, 3.05) is 18.0 Å². The van der Waals surface area contributed by atoms with Crippen molar-refractivity contribution in [2.45, 2.75) is 26.7 Å². The molecule has 0 bridgehead atoms. The molecule has 1 unspecified atom stereocenters. The molecule has 0 aromatic heterocycles. The fourth-order valence-corrected chi connectivity index (χ4v) is 2.85. The Morgan fingerprint density at radius 2 is 2.24 bits per heavy atom. The van der Waals surface area contributed by atoms with Crippen LogP contribution in [0.15, 0.2) is 18.2 Å². The Morgan fingerprint density at radius 1 is 1.52 bits per heavy atom. The van der Waals surface area contributed by atoms with Crippen LogP contribution in [0.2, 0.25) is 0 Å². The summed E-state index contributed by atoms with van der Waals surface area (Å²) in [4.78, 5) is 13.3. The number of piperidine rings is 1. The van der Waals surface area contributed by atoms with Crippen LogP contribution in [0.1, 0.15) is 32.3 Å². The molecule has 1 heterocycles. The molecule has 112 valence electrons. The smallest absolute Gasteiger partial charge is 0.309 e. The SMILES string of the molecule is CC(C)(C(=O)O)C1CCCN(c2cccc(F)c2C#N)C1. The Balaban J connectivity index is 2.29. The Bertz CT molecular complexity index is 592. The second-order valence-electron chi connectivity index (χ2n) is 6.06. The van der Waals surface area contributed by atoms with Gasteiger partial charge in [0.2, 0.25) is 0 Å². The van der Waals surface area contributed by atoms with Crippen molar-refractivity contribution in [2.24, 2.45) is 11.3 Å². The molecule has 1 aliphatic rings. The van der Waals surface area contributed by atoms with Crippen molar-refractivity contribution in [1.82, 2.24) is 0 Å². The standard InChI is InChI=1S/C16H19FN2O2/c1-16(2,15(20)21)11-5-4-8-19(10-11)14-7-3-6-13(17)12(14)9-18/h3,6-7,11H,4-5,8,10H2,1-2H3,(H,20,21). The van der Waals surface area contributed by atoms with Crippen molar-refractivity contribution < 1.29 is 14.3 Å². The van der Waals surface area contributed by atoms with Gasteiger partial charge in [-0.2, -0.15) is 5.26 Å². The molecule has 5 heteroatoms. The monoisotopic (exact) mass is 290 g/mol. The minimum absolute atomic E-state index is 0.0291. The summed E-state index contributed by atoms with van der Waals surface area (Å²) in [6.45, 7) is 4.68. The average molecular weight is 290 g/mol. The van der Waals surface area contributed by atoms with E-state index >= 15 is 0 Å². The second-order valence-corrected chi connectivity index (χ2v) is 6.06. The zero-order chi connectivity index (χ0) is 15.6. The molecule has 1 aromatic rings. The number of hydrogen-bond acceptors (Lipinski definition) is 3. The van der Waals surface area contributed by atoms with Gasteiger partial charge < -0.3 is 10.0 Å². The van der Waals surface area contributed by atoms with E-state index in [1.54, 1.807) is 26.0 Å². The molecule has 0 amide bonds. The van der Waals surface area contributed by atoms with E-state index in [0.29, 0.717) is 18.8 Å². The lowest BCUT2D eigenvalue weighted by atomic mass is 9.74. The number of nitriles is 1. The first-order valence-corrected chi connectivity index (χ1v) is 7.05. The predicted octanol–water partition coefficient (Wildman–Crippen LogP) is 3.02. The van der Waals surface area contributed by atoms with Crippen LogP contribution >= 0.6 is 0 Å². The number of aliphatic carboxylic acids is 1. The van der Waals surface area contributed by atoms with Crippen LogP contribution in [0.4, 0.5) is 10.1 Å². The highest BCUT2D eigenvalue weighted by Crippen LogP contribution is 2.36. The first-order chi connectivity index (χ1) is 9.87. The van der Waals surface area contributed by atoms with E-state index in [0.717, 1.165) is 12.8 Å². The minimum Gasteiger partial charge on any atom is -0.481 e. The number of benzene rings is 1. The number of nitrogens with zero attached hydrogens (tertiary/aromatic N) is 2. The maximum atomic E-state index is 13.7. The first-order valence-electron chi connectivity index (χ1n) is 7.05. The lowest BCUT2D eigenvalue weighted by Gasteiger charge is -2.40. The van der Waals surface area contributed by atoms with Crippen LogP contribution in [-0.4, -0.2) is 24.2 Å². The maximum Gasteiger partial charge on any atom is 0.309 e. The minimum atomic E-state index is -0.835. The Morgan fingerprint density at radius 3 is 2.86 bits per heavy atom. The predicted molar refractivity (Wildman–Crippen MR) is 77.5 cm³/mol. The summed E-state index contributed by atoms with van der Waals surface area (Å²) in [5.41, 5.74) is -0.242. The summed E-state index contributed by atoms with van der Waals surface area (Å²) in [7, 11) is 0. The number of carbonyl (C=O) groups is 1. The van der Waals surface area contributed by atoms with Crippen LogP contribution in [0.25, 0.3) is 0 Å². The molecule has 1 atom stereocenters. The van der Waals surface area contributed by atoms with Gasteiger partial charge in [-0.1, -0.05) is 6.07 Å². The van der Waals surface area contributed by atoms with E-state index < -0.39 is 17.2 Å². The molecular weight excluding hydrogens is 271 g/mol. The molecule has 0 aliphatic carbocycles. The van der Waals surface area contributed by atoms with E-state index in [4.69, 9.17) is 5.26 Å². The summed E-state index contributed by atoms with van der Waals surface area (Å²) in [6, 6.07) is 6.47. The Hall–Kier alpha value is -2.09. The molecule has 1 aromatic carbocycles. The Kier molecular flexibility index (Phi) is 4.17. The molecule has 1 fully saturated rings.